The fourth-order valence-electron chi connectivity index (χ4n) is 2.75. The first kappa shape index (κ1) is 20.6. The van der Waals surface area contributed by atoms with Gasteiger partial charge in [-0.2, -0.15) is 0 Å². The van der Waals surface area contributed by atoms with Gasteiger partial charge in [-0.3, -0.25) is 19.3 Å². The predicted octanol–water partition coefficient (Wildman–Crippen LogP) is 2.37. The van der Waals surface area contributed by atoms with Crippen LogP contribution in [0.15, 0.2) is 48.5 Å². The number of rotatable bonds is 5. The highest BCUT2D eigenvalue weighted by Gasteiger charge is 2.36. The van der Waals surface area contributed by atoms with Crippen molar-refractivity contribution in [3.05, 3.63) is 70.8 Å². The number of nitrogens with one attached hydrogen (secondary N) is 1. The second kappa shape index (κ2) is 7.90. The maximum Gasteiger partial charge on any atom is 0.261 e. The summed E-state index contributed by atoms with van der Waals surface area (Å²) in [5.74, 6) is -1.06. The van der Waals surface area contributed by atoms with Gasteiger partial charge in [0, 0.05) is 17.6 Å². The molecule has 2 aromatic carbocycles. The third-order valence-electron chi connectivity index (χ3n) is 4.12. The van der Waals surface area contributed by atoms with Crippen LogP contribution in [0.2, 0.25) is 0 Å². The summed E-state index contributed by atoms with van der Waals surface area (Å²) >= 11 is 0. The molecule has 0 radical (unpaired) electrons. The van der Waals surface area contributed by atoms with Crippen molar-refractivity contribution in [3.63, 3.8) is 0 Å². The molecule has 1 heterocycles. The Balaban J connectivity index is 0.00000261. The van der Waals surface area contributed by atoms with Gasteiger partial charge in [-0.05, 0) is 37.6 Å². The van der Waals surface area contributed by atoms with Gasteiger partial charge in [-0.1, -0.05) is 30.3 Å². The van der Waals surface area contributed by atoms with Crippen molar-refractivity contribution in [1.29, 1.82) is 0 Å². The van der Waals surface area contributed by atoms with Crippen molar-refractivity contribution in [3.8, 4) is 0 Å². The lowest BCUT2D eigenvalue weighted by Gasteiger charge is -2.18. The molecule has 0 saturated carbocycles. The number of imide groups is 1. The van der Waals surface area contributed by atoms with Gasteiger partial charge >= 0.3 is 0 Å². The number of nitrogens with zero attached hydrogens (tertiary/aromatic N) is 1. The van der Waals surface area contributed by atoms with Crippen molar-refractivity contribution in [1.82, 2.24) is 10.2 Å². The molecule has 3 amide bonds. The van der Waals surface area contributed by atoms with Gasteiger partial charge in [-0.25, -0.2) is 0 Å². The normalized spacial score (nSPS) is 13.2. The summed E-state index contributed by atoms with van der Waals surface area (Å²) in [5, 5.41) is 2.73. The number of fused-ring (bicyclic) bond motifs is 1. The average molecular weight is 388 g/mol. The molecule has 0 unspecified atom stereocenters. The van der Waals surface area contributed by atoms with E-state index in [2.05, 4.69) is 5.32 Å². The van der Waals surface area contributed by atoms with Gasteiger partial charge in [0.15, 0.2) is 0 Å². The summed E-state index contributed by atoms with van der Waals surface area (Å²) in [4.78, 5) is 38.7. The number of halogens is 1. The molecule has 0 saturated heterocycles. The molecule has 0 atom stereocenters. The first-order chi connectivity index (χ1) is 12.3. The second-order valence-corrected chi connectivity index (χ2v) is 7.11. The summed E-state index contributed by atoms with van der Waals surface area (Å²) in [5.41, 5.74) is 7.10. The fourth-order valence-corrected chi connectivity index (χ4v) is 2.75. The summed E-state index contributed by atoms with van der Waals surface area (Å²) in [7, 11) is 0. The maximum atomic E-state index is 12.7. The molecule has 142 valence electrons. The predicted molar refractivity (Wildman–Crippen MR) is 105 cm³/mol. The van der Waals surface area contributed by atoms with Crippen LogP contribution in [-0.2, 0) is 6.54 Å². The first-order valence-electron chi connectivity index (χ1n) is 8.37. The highest BCUT2D eigenvalue weighted by atomic mass is 35.5. The zero-order valence-electron chi connectivity index (χ0n) is 15.2. The molecule has 3 N–H and O–H groups in total. The number of hydrogen-bond acceptors (Lipinski definition) is 4. The van der Waals surface area contributed by atoms with E-state index in [0.717, 1.165) is 5.56 Å². The van der Waals surface area contributed by atoms with Crippen molar-refractivity contribution in [2.24, 2.45) is 5.73 Å². The summed E-state index contributed by atoms with van der Waals surface area (Å²) in [6, 6.07) is 13.9. The maximum absolute atomic E-state index is 12.7. The van der Waals surface area contributed by atoms with Crippen LogP contribution in [0.5, 0.6) is 0 Å². The van der Waals surface area contributed by atoms with Gasteiger partial charge in [-0.15, -0.1) is 12.4 Å². The lowest BCUT2D eigenvalue weighted by atomic mass is 10.0. The first-order valence-corrected chi connectivity index (χ1v) is 8.37. The van der Waals surface area contributed by atoms with E-state index in [0.29, 0.717) is 17.7 Å². The average Bonchev–Trinajstić information content (AvgIpc) is 2.84. The van der Waals surface area contributed by atoms with Gasteiger partial charge < -0.3 is 11.1 Å². The Morgan fingerprint density at radius 2 is 1.67 bits per heavy atom. The number of carbonyl (C=O) groups excluding carboxylic acids is 3. The number of nitrogens with two attached hydrogens (primary N) is 1. The van der Waals surface area contributed by atoms with E-state index in [1.54, 1.807) is 19.9 Å². The summed E-state index contributed by atoms with van der Waals surface area (Å²) < 4.78 is 0. The Labute approximate surface area is 164 Å². The monoisotopic (exact) mass is 387 g/mol. The van der Waals surface area contributed by atoms with E-state index in [1.807, 2.05) is 30.3 Å². The topological polar surface area (TPSA) is 92.5 Å². The van der Waals surface area contributed by atoms with E-state index in [4.69, 9.17) is 5.73 Å². The minimum Gasteiger partial charge on any atom is -0.350 e. The van der Waals surface area contributed by atoms with Gasteiger partial charge in [0.25, 0.3) is 17.7 Å². The Bertz CT molecular complexity index is 876. The lowest BCUT2D eigenvalue weighted by molar-refractivity contribution is 0.0642. The van der Waals surface area contributed by atoms with E-state index in [9.17, 15) is 14.4 Å². The summed E-state index contributed by atoms with van der Waals surface area (Å²) in [6.07, 6.45) is 0. The Morgan fingerprint density at radius 3 is 2.30 bits per heavy atom. The zero-order valence-corrected chi connectivity index (χ0v) is 16.0. The fraction of sp³-hybridized carbons (Fsp3) is 0.250. The molecule has 0 bridgehead atoms. The SMILES string of the molecule is CC(C)(N)CNC(=O)c1ccc2c(c1)C(=O)N(Cc1ccccc1)C2=O.Cl. The van der Waals surface area contributed by atoms with Crippen LogP contribution in [0.3, 0.4) is 0 Å². The molecule has 0 aromatic heterocycles. The Hall–Kier alpha value is -2.70. The van der Waals surface area contributed by atoms with Crippen LogP contribution in [-0.4, -0.2) is 34.7 Å². The largest absolute Gasteiger partial charge is 0.350 e. The molecule has 1 aliphatic rings. The standard InChI is InChI=1S/C20H21N3O3.ClH/c1-20(2,21)12-22-17(24)14-8-9-15-16(10-14)19(26)23(18(15)25)11-13-6-4-3-5-7-13;/h3-10H,11-12,21H2,1-2H3,(H,22,24);1H. The molecule has 0 aliphatic carbocycles. The summed E-state index contributed by atoms with van der Waals surface area (Å²) in [6.45, 7) is 4.12. The highest BCUT2D eigenvalue weighted by molar-refractivity contribution is 6.22. The lowest BCUT2D eigenvalue weighted by Crippen LogP contribution is -2.45. The molecule has 7 heteroatoms. The van der Waals surface area contributed by atoms with E-state index in [-0.39, 0.29) is 42.2 Å². The molecule has 0 spiro atoms. The molecule has 6 nitrogen and oxygen atoms in total. The van der Waals surface area contributed by atoms with E-state index in [1.165, 1.54) is 17.0 Å². The number of hydrogen-bond donors (Lipinski definition) is 2. The smallest absolute Gasteiger partial charge is 0.261 e. The van der Waals surface area contributed by atoms with Gasteiger partial charge in [0.05, 0.1) is 17.7 Å². The quantitative estimate of drug-likeness (QED) is 0.770. The third-order valence-corrected chi connectivity index (χ3v) is 4.12. The second-order valence-electron chi connectivity index (χ2n) is 7.11. The van der Waals surface area contributed by atoms with Crippen molar-refractivity contribution < 1.29 is 14.4 Å². The molecule has 1 aliphatic heterocycles. The van der Waals surface area contributed by atoms with Gasteiger partial charge in [0.1, 0.15) is 0 Å². The van der Waals surface area contributed by atoms with Crippen molar-refractivity contribution in [2.75, 3.05) is 6.54 Å². The van der Waals surface area contributed by atoms with Crippen LogP contribution >= 0.6 is 12.4 Å². The van der Waals surface area contributed by atoms with E-state index >= 15 is 0 Å². The van der Waals surface area contributed by atoms with Gasteiger partial charge in [0.2, 0.25) is 0 Å². The van der Waals surface area contributed by atoms with Crippen LogP contribution in [0.4, 0.5) is 0 Å². The number of carbonyl (C=O) groups is 3. The minimum absolute atomic E-state index is 0. The molecule has 0 fully saturated rings. The van der Waals surface area contributed by atoms with Crippen LogP contribution in [0, 0.1) is 0 Å². The molecule has 27 heavy (non-hydrogen) atoms. The molecule has 2 aromatic rings. The Morgan fingerprint density at radius 1 is 1.04 bits per heavy atom. The number of amides is 3. The van der Waals surface area contributed by atoms with Crippen molar-refractivity contribution >= 4 is 30.1 Å². The molecular formula is C20H22ClN3O3. The van der Waals surface area contributed by atoms with Crippen LogP contribution < -0.4 is 11.1 Å². The molecular weight excluding hydrogens is 366 g/mol. The molecule has 3 rings (SSSR count). The van der Waals surface area contributed by atoms with Crippen LogP contribution in [0.1, 0.15) is 50.5 Å². The zero-order chi connectivity index (χ0) is 18.9. The minimum atomic E-state index is -0.537. The van der Waals surface area contributed by atoms with E-state index < -0.39 is 5.54 Å². The Kier molecular flexibility index (Phi) is 6.03. The highest BCUT2D eigenvalue weighted by Crippen LogP contribution is 2.25. The third kappa shape index (κ3) is 4.53. The van der Waals surface area contributed by atoms with Crippen LogP contribution in [0.25, 0.3) is 0 Å². The number of benzene rings is 2. The van der Waals surface area contributed by atoms with Crippen molar-refractivity contribution in [2.45, 2.75) is 25.9 Å².